The molecule has 0 spiro atoms. The first kappa shape index (κ1) is 29.0. The number of amides is 2. The first-order chi connectivity index (χ1) is 20.4. The van der Waals surface area contributed by atoms with E-state index in [2.05, 4.69) is 10.6 Å². The summed E-state index contributed by atoms with van der Waals surface area (Å²) in [6.45, 7) is 2.06. The van der Waals surface area contributed by atoms with E-state index < -0.39 is 23.2 Å². The van der Waals surface area contributed by atoms with Crippen LogP contribution in [0.1, 0.15) is 42.4 Å². The fourth-order valence-corrected chi connectivity index (χ4v) is 5.62. The molecule has 2 N–H and O–H groups in total. The third kappa shape index (κ3) is 6.86. The number of aryl methyl sites for hydroxylation is 1. The van der Waals surface area contributed by atoms with Crippen molar-refractivity contribution in [1.29, 1.82) is 0 Å². The molecule has 0 saturated heterocycles. The maximum Gasteiger partial charge on any atom is 0.249 e. The monoisotopic (exact) mass is 566 g/mol. The Labute approximate surface area is 245 Å². The van der Waals surface area contributed by atoms with Crippen molar-refractivity contribution in [2.75, 3.05) is 11.9 Å². The standard InChI is InChI=1S/C35H35FN2O4/c1-25-11-10-16-30(36)32(25)35(21-8-9-22-35)34(40)38-31(24-41-23-26-12-4-2-5-13-26)33(39)37-27-17-19-29(20-18-27)42-28-14-6-3-7-15-28/h2-7,10-20,31H,8-9,21-24H2,1H3,(H,37,39)(H,38,40). The third-order valence-corrected chi connectivity index (χ3v) is 7.71. The van der Waals surface area contributed by atoms with Gasteiger partial charge in [0.05, 0.1) is 18.6 Å². The molecule has 2 amide bonds. The molecule has 216 valence electrons. The van der Waals surface area contributed by atoms with Crippen LogP contribution in [-0.2, 0) is 26.3 Å². The Morgan fingerprint density at radius 2 is 1.48 bits per heavy atom. The second-order valence-electron chi connectivity index (χ2n) is 10.7. The molecule has 0 radical (unpaired) electrons. The molecule has 1 aliphatic rings. The highest BCUT2D eigenvalue weighted by atomic mass is 19.1. The lowest BCUT2D eigenvalue weighted by Crippen LogP contribution is -2.53. The number of benzene rings is 4. The average Bonchev–Trinajstić information content (AvgIpc) is 3.49. The number of anilines is 1. The molecule has 5 rings (SSSR count). The Morgan fingerprint density at radius 3 is 2.14 bits per heavy atom. The maximum atomic E-state index is 15.2. The average molecular weight is 567 g/mol. The summed E-state index contributed by atoms with van der Waals surface area (Å²) in [5, 5.41) is 5.83. The minimum Gasteiger partial charge on any atom is -0.457 e. The predicted molar refractivity (Wildman–Crippen MR) is 161 cm³/mol. The second kappa shape index (κ2) is 13.4. The Morgan fingerprint density at radius 1 is 0.833 bits per heavy atom. The topological polar surface area (TPSA) is 76.7 Å². The maximum absolute atomic E-state index is 15.2. The van der Waals surface area contributed by atoms with E-state index in [-0.39, 0.29) is 19.1 Å². The van der Waals surface area contributed by atoms with Gasteiger partial charge in [-0.25, -0.2) is 4.39 Å². The molecule has 0 aromatic heterocycles. The molecule has 7 heteroatoms. The van der Waals surface area contributed by atoms with E-state index in [1.54, 1.807) is 30.3 Å². The van der Waals surface area contributed by atoms with Gasteiger partial charge in [0.1, 0.15) is 23.4 Å². The van der Waals surface area contributed by atoms with Gasteiger partial charge in [-0.3, -0.25) is 9.59 Å². The summed E-state index contributed by atoms with van der Waals surface area (Å²) in [6, 6.07) is 29.9. The number of halogens is 1. The van der Waals surface area contributed by atoms with Gasteiger partial charge in [-0.2, -0.15) is 0 Å². The third-order valence-electron chi connectivity index (χ3n) is 7.71. The predicted octanol–water partition coefficient (Wildman–Crippen LogP) is 7.08. The summed E-state index contributed by atoms with van der Waals surface area (Å²) in [7, 11) is 0. The van der Waals surface area contributed by atoms with Gasteiger partial charge in [0.15, 0.2) is 0 Å². The normalized spacial score (nSPS) is 14.6. The van der Waals surface area contributed by atoms with Crippen LogP contribution in [0.4, 0.5) is 10.1 Å². The lowest BCUT2D eigenvalue weighted by Gasteiger charge is -2.32. The Bertz CT molecular complexity index is 1470. The molecule has 0 aliphatic heterocycles. The number of hydrogen-bond donors (Lipinski definition) is 2. The number of carbonyl (C=O) groups is 2. The lowest BCUT2D eigenvalue weighted by atomic mass is 9.75. The summed E-state index contributed by atoms with van der Waals surface area (Å²) in [5.74, 6) is 0.151. The van der Waals surface area contributed by atoms with Gasteiger partial charge >= 0.3 is 0 Å². The van der Waals surface area contributed by atoms with Crippen LogP contribution in [0, 0.1) is 12.7 Å². The van der Waals surface area contributed by atoms with Crippen molar-refractivity contribution in [2.24, 2.45) is 0 Å². The van der Waals surface area contributed by atoms with Crippen LogP contribution >= 0.6 is 0 Å². The van der Waals surface area contributed by atoms with E-state index in [4.69, 9.17) is 9.47 Å². The van der Waals surface area contributed by atoms with Crippen LogP contribution in [0.3, 0.4) is 0 Å². The highest BCUT2D eigenvalue weighted by molar-refractivity contribution is 5.99. The van der Waals surface area contributed by atoms with Crippen LogP contribution in [0.15, 0.2) is 103 Å². The van der Waals surface area contributed by atoms with Gasteiger partial charge in [-0.15, -0.1) is 0 Å². The van der Waals surface area contributed by atoms with Crippen LogP contribution in [-0.4, -0.2) is 24.5 Å². The minimum absolute atomic E-state index is 0.0476. The largest absolute Gasteiger partial charge is 0.457 e. The first-order valence-electron chi connectivity index (χ1n) is 14.3. The van der Waals surface area contributed by atoms with E-state index in [9.17, 15) is 9.59 Å². The number of ether oxygens (including phenoxy) is 2. The van der Waals surface area contributed by atoms with Crippen LogP contribution in [0.5, 0.6) is 11.5 Å². The van der Waals surface area contributed by atoms with Crippen LogP contribution in [0.2, 0.25) is 0 Å². The van der Waals surface area contributed by atoms with E-state index in [0.717, 1.165) is 24.0 Å². The number of hydrogen-bond acceptors (Lipinski definition) is 4. The molecule has 0 heterocycles. The van der Waals surface area contributed by atoms with Crippen molar-refractivity contribution in [3.63, 3.8) is 0 Å². The summed E-state index contributed by atoms with van der Waals surface area (Å²) in [5.41, 5.74) is 1.60. The van der Waals surface area contributed by atoms with E-state index >= 15 is 4.39 Å². The minimum atomic E-state index is -1.04. The number of carbonyl (C=O) groups excluding carboxylic acids is 2. The highest BCUT2D eigenvalue weighted by Gasteiger charge is 2.46. The van der Waals surface area contributed by atoms with Crippen molar-refractivity contribution in [2.45, 2.75) is 50.7 Å². The van der Waals surface area contributed by atoms with Gasteiger partial charge in [0, 0.05) is 11.3 Å². The highest BCUT2D eigenvalue weighted by Crippen LogP contribution is 2.44. The van der Waals surface area contributed by atoms with E-state index in [0.29, 0.717) is 35.6 Å². The molecule has 1 fully saturated rings. The molecule has 6 nitrogen and oxygen atoms in total. The van der Waals surface area contributed by atoms with Crippen molar-refractivity contribution in [3.05, 3.63) is 126 Å². The molecule has 0 bridgehead atoms. The van der Waals surface area contributed by atoms with Crippen molar-refractivity contribution < 1.29 is 23.5 Å². The van der Waals surface area contributed by atoms with Crippen molar-refractivity contribution in [3.8, 4) is 11.5 Å². The molecule has 1 saturated carbocycles. The summed E-state index contributed by atoms with van der Waals surface area (Å²) < 4.78 is 26.9. The number of nitrogens with one attached hydrogen (secondary N) is 2. The Kier molecular flexibility index (Phi) is 9.29. The van der Waals surface area contributed by atoms with Gasteiger partial charge in [0.2, 0.25) is 11.8 Å². The molecular formula is C35H35FN2O4. The molecule has 42 heavy (non-hydrogen) atoms. The smallest absolute Gasteiger partial charge is 0.249 e. The first-order valence-corrected chi connectivity index (χ1v) is 14.3. The zero-order valence-electron chi connectivity index (χ0n) is 23.6. The lowest BCUT2D eigenvalue weighted by molar-refractivity contribution is -0.132. The Balaban J connectivity index is 1.32. The second-order valence-corrected chi connectivity index (χ2v) is 10.7. The van der Waals surface area contributed by atoms with Gasteiger partial charge in [0.25, 0.3) is 0 Å². The fraction of sp³-hybridized carbons (Fsp3) is 0.257. The summed E-state index contributed by atoms with van der Waals surface area (Å²) >= 11 is 0. The van der Waals surface area contributed by atoms with Crippen molar-refractivity contribution in [1.82, 2.24) is 5.32 Å². The zero-order chi connectivity index (χ0) is 29.4. The molecule has 1 atom stereocenters. The van der Waals surface area contributed by atoms with E-state index in [1.165, 1.54) is 6.07 Å². The quantitative estimate of drug-likeness (QED) is 0.203. The molecule has 1 aliphatic carbocycles. The molecule has 4 aromatic carbocycles. The zero-order valence-corrected chi connectivity index (χ0v) is 23.6. The molecular weight excluding hydrogens is 531 g/mol. The van der Waals surface area contributed by atoms with Crippen LogP contribution in [0.25, 0.3) is 0 Å². The molecule has 1 unspecified atom stereocenters. The summed E-state index contributed by atoms with van der Waals surface area (Å²) in [4.78, 5) is 27.5. The van der Waals surface area contributed by atoms with Gasteiger partial charge in [-0.1, -0.05) is 73.5 Å². The van der Waals surface area contributed by atoms with Crippen molar-refractivity contribution >= 4 is 17.5 Å². The SMILES string of the molecule is Cc1cccc(F)c1C1(C(=O)NC(COCc2ccccc2)C(=O)Nc2ccc(Oc3ccccc3)cc2)CCCC1. The van der Waals surface area contributed by atoms with Gasteiger partial charge < -0.3 is 20.1 Å². The summed E-state index contributed by atoms with van der Waals surface area (Å²) in [6.07, 6.45) is 2.64. The van der Waals surface area contributed by atoms with Crippen LogP contribution < -0.4 is 15.4 Å². The Hall–Kier alpha value is -4.49. The fourth-order valence-electron chi connectivity index (χ4n) is 5.62. The van der Waals surface area contributed by atoms with Gasteiger partial charge in [-0.05, 0) is 73.4 Å². The number of para-hydroxylation sites is 1. The molecule has 4 aromatic rings. The van der Waals surface area contributed by atoms with E-state index in [1.807, 2.05) is 73.7 Å². The number of rotatable bonds is 11.